The number of aliphatic hydroxyl groups excluding tert-OH is 1. The molecule has 1 aromatic heterocycles. The number of rotatable bonds is 3. The van der Waals surface area contributed by atoms with Crippen LogP contribution < -0.4 is 5.32 Å². The minimum atomic E-state index is -0.141. The Morgan fingerprint density at radius 2 is 2.18 bits per heavy atom. The van der Waals surface area contributed by atoms with E-state index >= 15 is 0 Å². The molecule has 2 N–H and O–H groups in total. The summed E-state index contributed by atoms with van der Waals surface area (Å²) in [6.07, 6.45) is 8.03. The van der Waals surface area contributed by atoms with Gasteiger partial charge in [0, 0.05) is 11.7 Å². The van der Waals surface area contributed by atoms with E-state index in [1.807, 2.05) is 6.20 Å². The van der Waals surface area contributed by atoms with E-state index in [2.05, 4.69) is 29.4 Å². The van der Waals surface area contributed by atoms with Crippen LogP contribution in [0.2, 0.25) is 0 Å². The molecule has 1 heterocycles. The smallest absolute Gasteiger partial charge is 0.0559 e. The van der Waals surface area contributed by atoms with E-state index in [4.69, 9.17) is 0 Å². The van der Waals surface area contributed by atoms with Crippen molar-refractivity contribution < 1.29 is 5.11 Å². The zero-order valence-electron chi connectivity index (χ0n) is 10.5. The third-order valence-electron chi connectivity index (χ3n) is 3.45. The molecule has 17 heavy (non-hydrogen) atoms. The number of nitrogens with one attached hydrogen (secondary N) is 1. The lowest BCUT2D eigenvalue weighted by Crippen LogP contribution is -2.23. The van der Waals surface area contributed by atoms with Crippen LogP contribution in [0, 0.1) is 0 Å². The van der Waals surface area contributed by atoms with E-state index in [1.54, 1.807) is 0 Å². The molecule has 3 nitrogen and oxygen atoms in total. The molecule has 94 valence electrons. The van der Waals surface area contributed by atoms with Gasteiger partial charge in [0.15, 0.2) is 0 Å². The van der Waals surface area contributed by atoms with Gasteiger partial charge < -0.3 is 10.4 Å². The zero-order valence-corrected chi connectivity index (χ0v) is 10.5. The van der Waals surface area contributed by atoms with Crippen molar-refractivity contribution in [3.63, 3.8) is 0 Å². The van der Waals surface area contributed by atoms with Crippen LogP contribution in [0.4, 0.5) is 5.69 Å². The summed E-state index contributed by atoms with van der Waals surface area (Å²) in [5.74, 6) is 0. The highest BCUT2D eigenvalue weighted by Crippen LogP contribution is 2.21. The molecule has 1 saturated carbocycles. The first-order valence-corrected chi connectivity index (χ1v) is 6.67. The molecule has 0 amide bonds. The van der Waals surface area contributed by atoms with Gasteiger partial charge in [-0.3, -0.25) is 4.98 Å². The van der Waals surface area contributed by atoms with Gasteiger partial charge in [-0.1, -0.05) is 19.8 Å². The van der Waals surface area contributed by atoms with Crippen LogP contribution in [0.25, 0.3) is 0 Å². The number of pyridine rings is 1. The summed E-state index contributed by atoms with van der Waals surface area (Å²) in [7, 11) is 0. The molecule has 1 aliphatic carbocycles. The van der Waals surface area contributed by atoms with E-state index in [-0.39, 0.29) is 6.10 Å². The summed E-state index contributed by atoms with van der Waals surface area (Å²) in [6, 6.07) is 4.54. The van der Waals surface area contributed by atoms with Gasteiger partial charge in [0.1, 0.15) is 0 Å². The van der Waals surface area contributed by atoms with Crippen molar-refractivity contribution in [1.29, 1.82) is 0 Å². The van der Waals surface area contributed by atoms with Crippen molar-refractivity contribution >= 4 is 5.69 Å². The maximum Gasteiger partial charge on any atom is 0.0559 e. The molecule has 0 aliphatic heterocycles. The lowest BCUT2D eigenvalue weighted by atomic mass is 10.1. The highest BCUT2D eigenvalue weighted by molar-refractivity contribution is 5.42. The summed E-state index contributed by atoms with van der Waals surface area (Å²) in [4.78, 5) is 4.38. The van der Waals surface area contributed by atoms with Gasteiger partial charge in [-0.2, -0.15) is 0 Å². The summed E-state index contributed by atoms with van der Waals surface area (Å²) < 4.78 is 0. The van der Waals surface area contributed by atoms with Crippen molar-refractivity contribution in [2.75, 3.05) is 5.32 Å². The van der Waals surface area contributed by atoms with Crippen molar-refractivity contribution in [2.45, 2.75) is 57.6 Å². The van der Waals surface area contributed by atoms with Gasteiger partial charge in [-0.25, -0.2) is 0 Å². The molecular weight excluding hydrogens is 212 g/mol. The van der Waals surface area contributed by atoms with Crippen LogP contribution in [-0.4, -0.2) is 22.2 Å². The van der Waals surface area contributed by atoms with Gasteiger partial charge in [0.2, 0.25) is 0 Å². The summed E-state index contributed by atoms with van der Waals surface area (Å²) in [5.41, 5.74) is 2.19. The predicted molar refractivity (Wildman–Crippen MR) is 70.1 cm³/mol. The number of aliphatic hydroxyl groups is 1. The zero-order chi connectivity index (χ0) is 12.1. The Kier molecular flexibility index (Phi) is 4.37. The molecule has 0 radical (unpaired) electrons. The first-order chi connectivity index (χ1) is 8.28. The third kappa shape index (κ3) is 3.70. The average Bonchev–Trinajstić information content (AvgIpc) is 2.55. The highest BCUT2D eigenvalue weighted by Gasteiger charge is 2.18. The Morgan fingerprint density at radius 3 is 2.88 bits per heavy atom. The molecule has 2 unspecified atom stereocenters. The normalized spacial score (nSPS) is 25.3. The molecule has 3 heteroatoms. The van der Waals surface area contributed by atoms with E-state index in [1.165, 1.54) is 6.42 Å². The monoisotopic (exact) mass is 234 g/mol. The first-order valence-electron chi connectivity index (χ1n) is 6.67. The number of aromatic nitrogens is 1. The first kappa shape index (κ1) is 12.4. The maximum atomic E-state index is 9.76. The van der Waals surface area contributed by atoms with Gasteiger partial charge >= 0.3 is 0 Å². The quantitative estimate of drug-likeness (QED) is 0.790. The Morgan fingerprint density at radius 1 is 1.35 bits per heavy atom. The Hall–Kier alpha value is -1.09. The van der Waals surface area contributed by atoms with Crippen molar-refractivity contribution in [1.82, 2.24) is 4.98 Å². The number of hydrogen-bond donors (Lipinski definition) is 2. The molecule has 1 aliphatic rings. The summed E-state index contributed by atoms with van der Waals surface area (Å²) in [6.45, 7) is 2.11. The van der Waals surface area contributed by atoms with Crippen LogP contribution in [-0.2, 0) is 6.42 Å². The lowest BCUT2D eigenvalue weighted by molar-refractivity contribution is 0.154. The van der Waals surface area contributed by atoms with E-state index in [9.17, 15) is 5.11 Å². The second-order valence-corrected chi connectivity index (χ2v) is 4.91. The number of aryl methyl sites for hydroxylation is 1. The van der Waals surface area contributed by atoms with Crippen LogP contribution >= 0.6 is 0 Å². The maximum absolute atomic E-state index is 9.76. The van der Waals surface area contributed by atoms with Crippen molar-refractivity contribution in [3.05, 3.63) is 24.0 Å². The van der Waals surface area contributed by atoms with E-state index < -0.39 is 0 Å². The fourth-order valence-corrected chi connectivity index (χ4v) is 2.42. The largest absolute Gasteiger partial charge is 0.393 e. The topological polar surface area (TPSA) is 45.1 Å². The molecule has 0 saturated heterocycles. The van der Waals surface area contributed by atoms with Crippen molar-refractivity contribution in [2.24, 2.45) is 0 Å². The standard InChI is InChI=1S/C14H22N2O/c1-2-11-7-8-13(10-15-11)16-12-5-3-4-6-14(17)9-12/h7-8,10,12,14,16-17H,2-6,9H2,1H3. The fourth-order valence-electron chi connectivity index (χ4n) is 2.42. The van der Waals surface area contributed by atoms with E-state index in [0.717, 1.165) is 43.5 Å². The molecule has 2 atom stereocenters. The summed E-state index contributed by atoms with van der Waals surface area (Å²) >= 11 is 0. The molecular formula is C14H22N2O. The number of hydrogen-bond acceptors (Lipinski definition) is 3. The highest BCUT2D eigenvalue weighted by atomic mass is 16.3. The Labute approximate surface area is 103 Å². The van der Waals surface area contributed by atoms with Crippen LogP contribution in [0.3, 0.4) is 0 Å². The fraction of sp³-hybridized carbons (Fsp3) is 0.643. The van der Waals surface area contributed by atoms with Gasteiger partial charge in [-0.15, -0.1) is 0 Å². The predicted octanol–water partition coefficient (Wildman–Crippen LogP) is 2.75. The average molecular weight is 234 g/mol. The molecule has 1 aromatic rings. The van der Waals surface area contributed by atoms with Crippen molar-refractivity contribution in [3.8, 4) is 0 Å². The van der Waals surface area contributed by atoms with E-state index in [0.29, 0.717) is 6.04 Å². The van der Waals surface area contributed by atoms with Crippen LogP contribution in [0.1, 0.15) is 44.7 Å². The Bertz CT molecular complexity index is 337. The van der Waals surface area contributed by atoms with Gasteiger partial charge in [0.25, 0.3) is 0 Å². The molecule has 0 spiro atoms. The minimum absolute atomic E-state index is 0.141. The summed E-state index contributed by atoms with van der Waals surface area (Å²) in [5, 5.41) is 13.2. The van der Waals surface area contributed by atoms with Gasteiger partial charge in [-0.05, 0) is 37.8 Å². The molecule has 0 aromatic carbocycles. The molecule has 0 bridgehead atoms. The molecule has 1 fully saturated rings. The number of anilines is 1. The lowest BCUT2D eigenvalue weighted by Gasteiger charge is -2.19. The second kappa shape index (κ2) is 6.01. The third-order valence-corrected chi connectivity index (χ3v) is 3.45. The Balaban J connectivity index is 1.94. The van der Waals surface area contributed by atoms with Gasteiger partial charge in [0.05, 0.1) is 18.0 Å². The molecule has 2 rings (SSSR count). The SMILES string of the molecule is CCc1ccc(NC2CCCCC(O)C2)cn1. The second-order valence-electron chi connectivity index (χ2n) is 4.91. The minimum Gasteiger partial charge on any atom is -0.393 e. The van der Waals surface area contributed by atoms with Crippen LogP contribution in [0.5, 0.6) is 0 Å². The van der Waals surface area contributed by atoms with Crippen LogP contribution in [0.15, 0.2) is 18.3 Å². The number of nitrogens with zero attached hydrogens (tertiary/aromatic N) is 1.